The third-order valence-corrected chi connectivity index (χ3v) is 2.57. The maximum Gasteiger partial charge on any atom is 0.175 e. The fourth-order valence-corrected chi connectivity index (χ4v) is 1.61. The Balaban J connectivity index is 2.35. The summed E-state index contributed by atoms with van der Waals surface area (Å²) in [5, 5.41) is 13.7. The maximum absolute atomic E-state index is 9.57. The molecule has 1 atom stereocenters. The van der Waals surface area contributed by atoms with Crippen molar-refractivity contribution in [3.05, 3.63) is 30.0 Å². The van der Waals surface area contributed by atoms with Crippen molar-refractivity contribution >= 4 is 11.0 Å². The van der Waals surface area contributed by atoms with Gasteiger partial charge in [-0.3, -0.25) is 0 Å². The van der Waals surface area contributed by atoms with Gasteiger partial charge >= 0.3 is 0 Å². The number of nitrogens with one attached hydrogen (secondary N) is 1. The highest BCUT2D eigenvalue weighted by Crippen LogP contribution is 2.27. The molecule has 0 aliphatic rings. The molecule has 3 heteroatoms. The molecule has 1 aromatic heterocycles. The molecular formula is C12H15NO2. The minimum Gasteiger partial charge on any atom is -0.504 e. The molecule has 1 heterocycles. The van der Waals surface area contributed by atoms with Gasteiger partial charge in [-0.25, -0.2) is 0 Å². The Labute approximate surface area is 88.7 Å². The van der Waals surface area contributed by atoms with Crippen molar-refractivity contribution in [1.82, 2.24) is 5.32 Å². The van der Waals surface area contributed by atoms with Crippen LogP contribution in [0.25, 0.3) is 11.0 Å². The zero-order chi connectivity index (χ0) is 10.8. The highest BCUT2D eigenvalue weighted by Gasteiger charge is 2.09. The van der Waals surface area contributed by atoms with E-state index in [9.17, 15) is 5.11 Å². The van der Waals surface area contributed by atoms with Crippen molar-refractivity contribution < 1.29 is 9.52 Å². The molecule has 2 N–H and O–H groups in total. The Morgan fingerprint density at radius 2 is 2.27 bits per heavy atom. The van der Waals surface area contributed by atoms with Gasteiger partial charge in [0.15, 0.2) is 11.3 Å². The molecule has 0 saturated heterocycles. The first kappa shape index (κ1) is 10.1. The number of fused-ring (bicyclic) bond motifs is 1. The van der Waals surface area contributed by atoms with E-state index in [0.717, 1.165) is 17.6 Å². The quantitative estimate of drug-likeness (QED) is 0.808. The van der Waals surface area contributed by atoms with Crippen LogP contribution in [0.2, 0.25) is 0 Å². The molecule has 0 aliphatic heterocycles. The lowest BCUT2D eigenvalue weighted by Gasteiger charge is -2.06. The molecule has 0 aliphatic carbocycles. The zero-order valence-electron chi connectivity index (χ0n) is 8.95. The number of phenols is 1. The predicted molar refractivity (Wildman–Crippen MR) is 60.1 cm³/mol. The fraction of sp³-hybridized carbons (Fsp3) is 0.333. The number of rotatable bonds is 3. The molecule has 3 nitrogen and oxygen atoms in total. The number of phenolic OH excluding ortho intramolecular Hbond substituents is 1. The molecule has 0 saturated carbocycles. The predicted octanol–water partition coefficient (Wildman–Crippen LogP) is 2.29. The number of para-hydroxylation sites is 1. The van der Waals surface area contributed by atoms with E-state index in [2.05, 4.69) is 12.2 Å². The SMILES string of the molecule is CNC(C)Cc1cc2cccc(O)c2o1. The van der Waals surface area contributed by atoms with Crippen molar-refractivity contribution in [3.63, 3.8) is 0 Å². The third-order valence-electron chi connectivity index (χ3n) is 2.57. The summed E-state index contributed by atoms with van der Waals surface area (Å²) in [4.78, 5) is 0. The summed E-state index contributed by atoms with van der Waals surface area (Å²) in [5.41, 5.74) is 0.579. The first-order valence-corrected chi connectivity index (χ1v) is 5.08. The largest absolute Gasteiger partial charge is 0.504 e. The molecule has 0 spiro atoms. The number of likely N-dealkylation sites (N-methyl/N-ethyl adjacent to an activating group) is 1. The monoisotopic (exact) mass is 205 g/mol. The number of hydrogen-bond acceptors (Lipinski definition) is 3. The summed E-state index contributed by atoms with van der Waals surface area (Å²) in [6.45, 7) is 2.09. The Kier molecular flexibility index (Phi) is 2.64. The number of benzene rings is 1. The van der Waals surface area contributed by atoms with E-state index in [1.807, 2.05) is 25.2 Å². The van der Waals surface area contributed by atoms with Gasteiger partial charge in [0, 0.05) is 17.8 Å². The molecule has 80 valence electrons. The minimum absolute atomic E-state index is 0.205. The van der Waals surface area contributed by atoms with Gasteiger partial charge in [0.2, 0.25) is 0 Å². The summed E-state index contributed by atoms with van der Waals surface area (Å²) in [7, 11) is 1.92. The molecule has 1 unspecified atom stereocenters. The van der Waals surface area contributed by atoms with E-state index in [1.54, 1.807) is 6.07 Å². The van der Waals surface area contributed by atoms with Crippen LogP contribution in [0.15, 0.2) is 28.7 Å². The van der Waals surface area contributed by atoms with Crippen LogP contribution in [-0.2, 0) is 6.42 Å². The summed E-state index contributed by atoms with van der Waals surface area (Å²) >= 11 is 0. The summed E-state index contributed by atoms with van der Waals surface area (Å²) in [6, 6.07) is 7.73. The highest BCUT2D eigenvalue weighted by atomic mass is 16.4. The van der Waals surface area contributed by atoms with Crippen LogP contribution >= 0.6 is 0 Å². The van der Waals surface area contributed by atoms with Gasteiger partial charge in [-0.15, -0.1) is 0 Å². The van der Waals surface area contributed by atoms with E-state index in [0.29, 0.717) is 11.6 Å². The average Bonchev–Trinajstić information content (AvgIpc) is 2.62. The topological polar surface area (TPSA) is 45.4 Å². The van der Waals surface area contributed by atoms with Crippen LogP contribution in [0.4, 0.5) is 0 Å². The molecule has 1 aromatic carbocycles. The minimum atomic E-state index is 0.205. The summed E-state index contributed by atoms with van der Waals surface area (Å²) in [6.07, 6.45) is 0.824. The van der Waals surface area contributed by atoms with Gasteiger partial charge in [0.1, 0.15) is 5.76 Å². The molecule has 0 fully saturated rings. The fourth-order valence-electron chi connectivity index (χ4n) is 1.61. The Morgan fingerprint density at radius 3 is 2.93 bits per heavy atom. The van der Waals surface area contributed by atoms with Crippen LogP contribution in [0.1, 0.15) is 12.7 Å². The number of hydrogen-bond donors (Lipinski definition) is 2. The van der Waals surface area contributed by atoms with Crippen LogP contribution in [0.5, 0.6) is 5.75 Å². The lowest BCUT2D eigenvalue weighted by Crippen LogP contribution is -2.23. The van der Waals surface area contributed by atoms with Gasteiger partial charge in [-0.1, -0.05) is 12.1 Å². The lowest BCUT2D eigenvalue weighted by atomic mass is 10.2. The second kappa shape index (κ2) is 3.95. The maximum atomic E-state index is 9.57. The average molecular weight is 205 g/mol. The standard InChI is InChI=1S/C12H15NO2/c1-8(13-2)6-10-7-9-4-3-5-11(14)12(9)15-10/h3-5,7-8,13-14H,6H2,1-2H3. The molecule has 0 radical (unpaired) electrons. The van der Waals surface area contributed by atoms with Crippen molar-refractivity contribution in [1.29, 1.82) is 0 Å². The smallest absolute Gasteiger partial charge is 0.175 e. The zero-order valence-corrected chi connectivity index (χ0v) is 8.95. The Hall–Kier alpha value is -1.48. The van der Waals surface area contributed by atoms with Gasteiger partial charge in [0.25, 0.3) is 0 Å². The van der Waals surface area contributed by atoms with Gasteiger partial charge in [-0.2, -0.15) is 0 Å². The Morgan fingerprint density at radius 1 is 1.47 bits per heavy atom. The van der Waals surface area contributed by atoms with Gasteiger partial charge in [0.05, 0.1) is 0 Å². The van der Waals surface area contributed by atoms with E-state index in [4.69, 9.17) is 4.42 Å². The number of aromatic hydroxyl groups is 1. The molecule has 0 amide bonds. The molecule has 0 bridgehead atoms. The van der Waals surface area contributed by atoms with E-state index < -0.39 is 0 Å². The third kappa shape index (κ3) is 1.97. The molecule has 2 aromatic rings. The van der Waals surface area contributed by atoms with Crippen molar-refractivity contribution in [2.24, 2.45) is 0 Å². The molecule has 15 heavy (non-hydrogen) atoms. The van der Waals surface area contributed by atoms with Crippen LogP contribution in [0.3, 0.4) is 0 Å². The van der Waals surface area contributed by atoms with E-state index in [-0.39, 0.29) is 5.75 Å². The van der Waals surface area contributed by atoms with Crippen molar-refractivity contribution in [2.75, 3.05) is 7.05 Å². The van der Waals surface area contributed by atoms with Crippen molar-refractivity contribution in [3.8, 4) is 5.75 Å². The van der Waals surface area contributed by atoms with Crippen LogP contribution in [-0.4, -0.2) is 18.2 Å². The second-order valence-electron chi connectivity index (χ2n) is 3.80. The first-order chi connectivity index (χ1) is 7.20. The second-order valence-corrected chi connectivity index (χ2v) is 3.80. The van der Waals surface area contributed by atoms with E-state index in [1.165, 1.54) is 0 Å². The Bertz CT molecular complexity index is 462. The summed E-state index contributed by atoms with van der Waals surface area (Å²) < 4.78 is 5.58. The lowest BCUT2D eigenvalue weighted by molar-refractivity contribution is 0.450. The molecular weight excluding hydrogens is 190 g/mol. The molecule has 2 rings (SSSR count). The highest BCUT2D eigenvalue weighted by molar-refractivity contribution is 5.83. The van der Waals surface area contributed by atoms with Gasteiger partial charge in [-0.05, 0) is 26.1 Å². The summed E-state index contributed by atoms with van der Waals surface area (Å²) in [5.74, 6) is 1.10. The number of furan rings is 1. The van der Waals surface area contributed by atoms with Crippen LogP contribution in [0, 0.1) is 0 Å². The van der Waals surface area contributed by atoms with Crippen molar-refractivity contribution in [2.45, 2.75) is 19.4 Å². The first-order valence-electron chi connectivity index (χ1n) is 5.08. The van der Waals surface area contributed by atoms with Gasteiger partial charge < -0.3 is 14.8 Å². The van der Waals surface area contributed by atoms with E-state index >= 15 is 0 Å². The van der Waals surface area contributed by atoms with Crippen LogP contribution < -0.4 is 5.32 Å². The normalized spacial score (nSPS) is 13.2.